The van der Waals surface area contributed by atoms with Gasteiger partial charge in [0.25, 0.3) is 0 Å². The molecule has 1 heterocycles. The van der Waals surface area contributed by atoms with Gasteiger partial charge in [-0.2, -0.15) is 11.8 Å². The average molecular weight is 397 g/mol. The summed E-state index contributed by atoms with van der Waals surface area (Å²) in [5.74, 6) is 0.593. The third-order valence-electron chi connectivity index (χ3n) is 3.63. The standard InChI is InChI=1S/C13H21BrN2O3S2/c1-15-8-10-7-12(13(14)19-10)21(17,18)16-9-4-3-5-11(6-9)20-2/h7,9,11,15-16H,3-6,8H2,1-2H3. The maximum Gasteiger partial charge on any atom is 0.245 e. The van der Waals surface area contributed by atoms with Crippen molar-refractivity contribution in [2.24, 2.45) is 0 Å². The molecule has 1 aliphatic rings. The van der Waals surface area contributed by atoms with Gasteiger partial charge in [-0.05, 0) is 48.5 Å². The minimum atomic E-state index is -3.55. The van der Waals surface area contributed by atoms with Gasteiger partial charge >= 0.3 is 0 Å². The highest BCUT2D eigenvalue weighted by Crippen LogP contribution is 2.30. The third kappa shape index (κ3) is 4.48. The quantitative estimate of drug-likeness (QED) is 0.773. The summed E-state index contributed by atoms with van der Waals surface area (Å²) in [4.78, 5) is 0.180. The Labute approximate surface area is 138 Å². The maximum atomic E-state index is 12.5. The first-order chi connectivity index (χ1) is 9.96. The zero-order valence-corrected chi connectivity index (χ0v) is 15.4. The van der Waals surface area contributed by atoms with Gasteiger partial charge in [0.15, 0.2) is 4.67 Å². The molecule has 5 nitrogen and oxygen atoms in total. The van der Waals surface area contributed by atoms with Crippen molar-refractivity contribution in [3.05, 3.63) is 16.5 Å². The van der Waals surface area contributed by atoms with Crippen LogP contribution in [0, 0.1) is 0 Å². The molecule has 21 heavy (non-hydrogen) atoms. The normalized spacial score (nSPS) is 23.4. The molecule has 1 saturated carbocycles. The van der Waals surface area contributed by atoms with E-state index in [4.69, 9.17) is 4.42 Å². The smallest absolute Gasteiger partial charge is 0.245 e. The molecular formula is C13H21BrN2O3S2. The van der Waals surface area contributed by atoms with Crippen molar-refractivity contribution in [3.8, 4) is 0 Å². The maximum absolute atomic E-state index is 12.5. The molecule has 0 spiro atoms. The van der Waals surface area contributed by atoms with E-state index in [9.17, 15) is 8.42 Å². The third-order valence-corrected chi connectivity index (χ3v) is 7.10. The van der Waals surface area contributed by atoms with Crippen LogP contribution in [-0.2, 0) is 16.6 Å². The fourth-order valence-corrected chi connectivity index (χ4v) is 5.70. The number of sulfonamides is 1. The zero-order chi connectivity index (χ0) is 15.5. The lowest BCUT2D eigenvalue weighted by Crippen LogP contribution is -2.39. The van der Waals surface area contributed by atoms with E-state index >= 15 is 0 Å². The molecule has 2 unspecified atom stereocenters. The van der Waals surface area contributed by atoms with Gasteiger partial charge in [-0.1, -0.05) is 6.42 Å². The van der Waals surface area contributed by atoms with Crippen LogP contribution < -0.4 is 10.0 Å². The summed E-state index contributed by atoms with van der Waals surface area (Å²) in [5.41, 5.74) is 0. The van der Waals surface area contributed by atoms with Gasteiger partial charge in [0.05, 0.1) is 6.54 Å². The summed E-state index contributed by atoms with van der Waals surface area (Å²) in [6.07, 6.45) is 6.10. The highest BCUT2D eigenvalue weighted by molar-refractivity contribution is 9.10. The molecule has 1 aromatic rings. The van der Waals surface area contributed by atoms with Gasteiger partial charge in [-0.15, -0.1) is 0 Å². The molecular weight excluding hydrogens is 376 g/mol. The fraction of sp³-hybridized carbons (Fsp3) is 0.692. The Kier molecular flexibility index (Phi) is 6.19. The molecule has 8 heteroatoms. The van der Waals surface area contributed by atoms with Crippen LogP contribution >= 0.6 is 27.7 Å². The van der Waals surface area contributed by atoms with Crippen LogP contribution in [0.2, 0.25) is 0 Å². The summed E-state index contributed by atoms with van der Waals surface area (Å²) >= 11 is 5.01. The molecule has 0 radical (unpaired) electrons. The van der Waals surface area contributed by atoms with E-state index in [1.165, 1.54) is 6.42 Å². The lowest BCUT2D eigenvalue weighted by Gasteiger charge is -2.28. The molecule has 0 aromatic carbocycles. The van der Waals surface area contributed by atoms with Gasteiger partial charge in [0.2, 0.25) is 10.0 Å². The van der Waals surface area contributed by atoms with E-state index in [2.05, 4.69) is 32.2 Å². The molecule has 2 atom stereocenters. The molecule has 0 bridgehead atoms. The number of hydrogen-bond acceptors (Lipinski definition) is 5. The van der Waals surface area contributed by atoms with E-state index < -0.39 is 10.0 Å². The molecule has 0 saturated heterocycles. The van der Waals surface area contributed by atoms with Crippen molar-refractivity contribution in [1.29, 1.82) is 0 Å². The highest BCUT2D eigenvalue weighted by Gasteiger charge is 2.29. The molecule has 1 aliphatic carbocycles. The second kappa shape index (κ2) is 7.50. The first kappa shape index (κ1) is 17.3. The van der Waals surface area contributed by atoms with Crippen molar-refractivity contribution in [1.82, 2.24) is 10.0 Å². The molecule has 120 valence electrons. The Morgan fingerprint density at radius 3 is 2.90 bits per heavy atom. The fourth-order valence-electron chi connectivity index (χ4n) is 2.59. The Morgan fingerprint density at radius 1 is 1.48 bits per heavy atom. The first-order valence-electron chi connectivity index (χ1n) is 6.94. The van der Waals surface area contributed by atoms with E-state index in [0.717, 1.165) is 19.3 Å². The van der Waals surface area contributed by atoms with Crippen molar-refractivity contribution < 1.29 is 12.8 Å². The van der Waals surface area contributed by atoms with Crippen molar-refractivity contribution in [2.75, 3.05) is 13.3 Å². The second-order valence-electron chi connectivity index (χ2n) is 5.22. The molecule has 0 aliphatic heterocycles. The number of halogens is 1. The van der Waals surface area contributed by atoms with E-state index in [1.807, 2.05) is 11.8 Å². The van der Waals surface area contributed by atoms with Crippen LogP contribution in [0.4, 0.5) is 0 Å². The van der Waals surface area contributed by atoms with Gasteiger partial charge in [-0.3, -0.25) is 0 Å². The number of nitrogens with one attached hydrogen (secondary N) is 2. The summed E-state index contributed by atoms with van der Waals surface area (Å²) < 4.78 is 33.5. The van der Waals surface area contributed by atoms with Crippen LogP contribution in [0.1, 0.15) is 31.4 Å². The lowest BCUT2D eigenvalue weighted by molar-refractivity contribution is 0.420. The van der Waals surface area contributed by atoms with Crippen LogP contribution in [0.15, 0.2) is 20.0 Å². The molecule has 1 fully saturated rings. The monoisotopic (exact) mass is 396 g/mol. The minimum absolute atomic E-state index is 0.00995. The van der Waals surface area contributed by atoms with Crippen LogP contribution in [-0.4, -0.2) is 33.0 Å². The first-order valence-corrected chi connectivity index (χ1v) is 10.5. The Hall–Kier alpha value is -0.0200. The Morgan fingerprint density at radius 2 is 2.24 bits per heavy atom. The highest BCUT2D eigenvalue weighted by atomic mass is 79.9. The number of thioether (sulfide) groups is 1. The van der Waals surface area contributed by atoms with E-state index in [0.29, 0.717) is 17.6 Å². The van der Waals surface area contributed by atoms with Crippen molar-refractivity contribution in [3.63, 3.8) is 0 Å². The van der Waals surface area contributed by atoms with Crippen molar-refractivity contribution in [2.45, 2.75) is 48.4 Å². The van der Waals surface area contributed by atoms with Gasteiger partial charge < -0.3 is 9.73 Å². The summed E-state index contributed by atoms with van der Waals surface area (Å²) in [5, 5.41) is 3.48. The largest absolute Gasteiger partial charge is 0.452 e. The van der Waals surface area contributed by atoms with Gasteiger partial charge in [-0.25, -0.2) is 13.1 Å². The van der Waals surface area contributed by atoms with Crippen LogP contribution in [0.3, 0.4) is 0 Å². The average Bonchev–Trinajstić information content (AvgIpc) is 2.81. The van der Waals surface area contributed by atoms with E-state index in [1.54, 1.807) is 13.1 Å². The van der Waals surface area contributed by atoms with Crippen molar-refractivity contribution >= 4 is 37.7 Å². The molecule has 1 aromatic heterocycles. The molecule has 0 amide bonds. The number of rotatable bonds is 6. The Balaban J connectivity index is 2.11. The summed E-state index contributed by atoms with van der Waals surface area (Å²) in [7, 11) is -1.76. The van der Waals surface area contributed by atoms with Gasteiger partial charge in [0.1, 0.15) is 10.7 Å². The molecule has 2 rings (SSSR count). The van der Waals surface area contributed by atoms with Crippen LogP contribution in [0.5, 0.6) is 0 Å². The topological polar surface area (TPSA) is 71.3 Å². The zero-order valence-electron chi connectivity index (χ0n) is 12.2. The summed E-state index contributed by atoms with van der Waals surface area (Å²) in [6.45, 7) is 0.492. The number of furan rings is 1. The summed E-state index contributed by atoms with van der Waals surface area (Å²) in [6, 6.07) is 1.58. The molecule has 2 N–H and O–H groups in total. The minimum Gasteiger partial charge on any atom is -0.452 e. The SMILES string of the molecule is CNCc1cc(S(=O)(=O)NC2CCCC(SC)C2)c(Br)o1. The Bertz CT molecular complexity index is 574. The second-order valence-corrected chi connectivity index (χ2v) is 8.76. The predicted octanol–water partition coefficient (Wildman–Crippen LogP) is 2.71. The number of hydrogen-bond donors (Lipinski definition) is 2. The van der Waals surface area contributed by atoms with Crippen LogP contribution in [0.25, 0.3) is 0 Å². The predicted molar refractivity (Wildman–Crippen MR) is 89.1 cm³/mol. The van der Waals surface area contributed by atoms with Gasteiger partial charge in [0, 0.05) is 17.4 Å². The lowest BCUT2D eigenvalue weighted by atomic mass is 9.96. The van der Waals surface area contributed by atoms with E-state index in [-0.39, 0.29) is 15.6 Å².